The van der Waals surface area contributed by atoms with Crippen LogP contribution < -0.4 is 5.32 Å². The number of phosphoric ester groups is 1. The van der Waals surface area contributed by atoms with Crippen molar-refractivity contribution in [2.75, 3.05) is 40.9 Å². The number of carbonyl (C=O) groups is 1. The Bertz CT molecular complexity index is 995. The summed E-state index contributed by atoms with van der Waals surface area (Å²) in [6.45, 7) is 4.72. The molecule has 3 N–H and O–H groups in total. The van der Waals surface area contributed by atoms with E-state index in [1.165, 1.54) is 116 Å². The third kappa shape index (κ3) is 40.7. The maximum absolute atomic E-state index is 12.8. The number of nitrogens with one attached hydrogen (secondary N) is 1. The van der Waals surface area contributed by atoms with Gasteiger partial charge in [-0.25, -0.2) is 4.57 Å². The summed E-state index contributed by atoms with van der Waals surface area (Å²) in [4.78, 5) is 23.0. The van der Waals surface area contributed by atoms with Crippen molar-refractivity contribution in [2.24, 2.45) is 0 Å². The zero-order chi connectivity index (χ0) is 40.7. The zero-order valence-corrected chi connectivity index (χ0v) is 37.6. The van der Waals surface area contributed by atoms with Crippen LogP contribution in [0.15, 0.2) is 36.5 Å². The predicted molar refractivity (Wildman–Crippen MR) is 235 cm³/mol. The van der Waals surface area contributed by atoms with Crippen LogP contribution in [0.1, 0.15) is 200 Å². The van der Waals surface area contributed by atoms with Gasteiger partial charge in [0.15, 0.2) is 0 Å². The largest absolute Gasteiger partial charge is 0.472 e. The second-order valence-corrected chi connectivity index (χ2v) is 18.2. The van der Waals surface area contributed by atoms with Gasteiger partial charge in [0.25, 0.3) is 0 Å². The Morgan fingerprint density at radius 1 is 0.600 bits per heavy atom. The van der Waals surface area contributed by atoms with E-state index in [-0.39, 0.29) is 19.1 Å². The van der Waals surface area contributed by atoms with Gasteiger partial charge in [0, 0.05) is 6.42 Å². The number of aliphatic hydroxyl groups excluding tert-OH is 1. The molecule has 0 saturated carbocycles. The zero-order valence-electron chi connectivity index (χ0n) is 36.7. The van der Waals surface area contributed by atoms with E-state index in [0.29, 0.717) is 17.4 Å². The molecule has 0 aliphatic carbocycles. The first kappa shape index (κ1) is 53.7. The molecule has 0 fully saturated rings. The number of aliphatic hydroxyl groups is 1. The lowest BCUT2D eigenvalue weighted by Gasteiger charge is -2.25. The molecule has 0 bridgehead atoms. The molecular weight excluding hydrogens is 707 g/mol. The average Bonchev–Trinajstić information content (AvgIpc) is 3.13. The van der Waals surface area contributed by atoms with E-state index in [4.69, 9.17) is 9.05 Å². The van der Waals surface area contributed by atoms with E-state index < -0.39 is 20.0 Å². The summed E-state index contributed by atoms with van der Waals surface area (Å²) >= 11 is 0. The first-order chi connectivity index (χ1) is 26.5. The number of likely N-dealkylation sites (N-methyl/N-ethyl adjacent to an activating group) is 1. The number of nitrogens with zero attached hydrogens (tertiary/aromatic N) is 1. The summed E-state index contributed by atoms with van der Waals surface area (Å²) in [7, 11) is 1.55. The number of rotatable bonds is 41. The van der Waals surface area contributed by atoms with Crippen molar-refractivity contribution in [3.63, 3.8) is 0 Å². The number of hydrogen-bond acceptors (Lipinski definition) is 5. The quantitative estimate of drug-likeness (QED) is 0.0246. The lowest BCUT2D eigenvalue weighted by atomic mass is 10.0. The van der Waals surface area contributed by atoms with E-state index in [0.717, 1.165) is 64.2 Å². The van der Waals surface area contributed by atoms with Crippen LogP contribution in [0, 0.1) is 0 Å². The Labute approximate surface area is 340 Å². The molecule has 55 heavy (non-hydrogen) atoms. The Balaban J connectivity index is 4.33. The maximum atomic E-state index is 12.8. The molecule has 0 rings (SSSR count). The molecule has 0 aliphatic heterocycles. The highest BCUT2D eigenvalue weighted by Crippen LogP contribution is 2.43. The lowest BCUT2D eigenvalue weighted by molar-refractivity contribution is -0.870. The van der Waals surface area contributed by atoms with Crippen molar-refractivity contribution in [3.8, 4) is 0 Å². The van der Waals surface area contributed by atoms with E-state index in [1.54, 1.807) is 6.08 Å². The number of amides is 1. The Morgan fingerprint density at radius 2 is 1.04 bits per heavy atom. The van der Waals surface area contributed by atoms with E-state index in [9.17, 15) is 19.4 Å². The molecule has 1 amide bonds. The average molecular weight is 798 g/mol. The molecule has 324 valence electrons. The number of quaternary nitrogens is 1. The standard InChI is InChI=1S/C46H89N2O6P/c1-6-8-10-12-14-16-18-19-20-21-22-23-24-25-26-27-28-29-30-31-33-35-37-39-45(49)44(43-54-55(51,52)53-42-41-48(3,4)5)47-46(50)40-38-36-34-32-17-15-13-11-9-7-2/h11,13,30-31,37,39,44-45,49H,6-10,12,14-29,32-36,38,40-43H2,1-5H3,(H-,47,50,51,52)/p+1/b13-11-,31-30+,39-37+. The highest BCUT2D eigenvalue weighted by atomic mass is 31.2. The molecule has 9 heteroatoms. The van der Waals surface area contributed by atoms with Gasteiger partial charge >= 0.3 is 7.82 Å². The van der Waals surface area contributed by atoms with Crippen LogP contribution >= 0.6 is 7.82 Å². The Kier molecular flexibility index (Phi) is 37.4. The SMILES string of the molecule is CCC/C=C\CCCCCCCC(=O)NC(COP(=O)(O)OCC[N+](C)(C)C)C(O)/C=C/CC/C=C/CCCCCCCCCCCCCCCCCCC. The maximum Gasteiger partial charge on any atom is 0.472 e. The number of carbonyl (C=O) groups excluding carboxylic acids is 1. The first-order valence-corrected chi connectivity index (χ1v) is 24.4. The van der Waals surface area contributed by atoms with Crippen LogP contribution in [0.2, 0.25) is 0 Å². The van der Waals surface area contributed by atoms with Gasteiger partial charge in [-0.1, -0.05) is 179 Å². The summed E-state index contributed by atoms with van der Waals surface area (Å²) in [5.74, 6) is -0.199. The van der Waals surface area contributed by atoms with E-state index in [1.807, 2.05) is 27.2 Å². The van der Waals surface area contributed by atoms with Crippen molar-refractivity contribution in [1.82, 2.24) is 5.32 Å². The minimum absolute atomic E-state index is 0.0544. The second-order valence-electron chi connectivity index (χ2n) is 16.8. The monoisotopic (exact) mass is 798 g/mol. The third-order valence-corrected chi connectivity index (χ3v) is 11.0. The summed E-state index contributed by atoms with van der Waals surface area (Å²) in [6.07, 6.45) is 46.7. The van der Waals surface area contributed by atoms with Gasteiger partial charge < -0.3 is 19.8 Å². The fourth-order valence-electron chi connectivity index (χ4n) is 6.41. The fraction of sp³-hybridized carbons (Fsp3) is 0.848. The fourth-order valence-corrected chi connectivity index (χ4v) is 7.15. The topological polar surface area (TPSA) is 105 Å². The highest BCUT2D eigenvalue weighted by Gasteiger charge is 2.27. The molecular formula is C46H90N2O6P+. The molecule has 0 heterocycles. The first-order valence-electron chi connectivity index (χ1n) is 22.9. The second kappa shape index (κ2) is 38.2. The van der Waals surface area contributed by atoms with Crippen LogP contribution in [0.3, 0.4) is 0 Å². The minimum atomic E-state index is -4.34. The van der Waals surface area contributed by atoms with Gasteiger partial charge in [-0.15, -0.1) is 0 Å². The van der Waals surface area contributed by atoms with Gasteiger partial charge in [-0.2, -0.15) is 0 Å². The smallest absolute Gasteiger partial charge is 0.387 e. The van der Waals surface area contributed by atoms with Crippen LogP contribution in [0.5, 0.6) is 0 Å². The molecule has 0 aromatic heterocycles. The van der Waals surface area contributed by atoms with Crippen molar-refractivity contribution >= 4 is 13.7 Å². The molecule has 0 saturated heterocycles. The van der Waals surface area contributed by atoms with Gasteiger partial charge in [0.05, 0.1) is 39.9 Å². The molecule has 3 atom stereocenters. The third-order valence-electron chi connectivity index (χ3n) is 10.1. The minimum Gasteiger partial charge on any atom is -0.387 e. The molecule has 0 aromatic rings. The van der Waals surface area contributed by atoms with Gasteiger partial charge in [-0.3, -0.25) is 13.8 Å². The summed E-state index contributed by atoms with van der Waals surface area (Å²) in [5.41, 5.74) is 0. The Morgan fingerprint density at radius 3 is 1.53 bits per heavy atom. The van der Waals surface area contributed by atoms with Gasteiger partial charge in [0.2, 0.25) is 5.91 Å². The summed E-state index contributed by atoms with van der Waals surface area (Å²) in [6, 6.07) is -0.864. The summed E-state index contributed by atoms with van der Waals surface area (Å²) in [5, 5.41) is 13.8. The van der Waals surface area contributed by atoms with Crippen molar-refractivity contribution in [1.29, 1.82) is 0 Å². The van der Waals surface area contributed by atoms with Crippen LogP contribution in [-0.2, 0) is 18.4 Å². The van der Waals surface area contributed by atoms with E-state index >= 15 is 0 Å². The number of allylic oxidation sites excluding steroid dienone is 5. The normalized spacial score (nSPS) is 14.7. The van der Waals surface area contributed by atoms with Crippen molar-refractivity contribution in [3.05, 3.63) is 36.5 Å². The van der Waals surface area contributed by atoms with Crippen LogP contribution in [0.4, 0.5) is 0 Å². The van der Waals surface area contributed by atoms with Crippen molar-refractivity contribution < 1.29 is 32.9 Å². The number of hydrogen-bond donors (Lipinski definition) is 3. The van der Waals surface area contributed by atoms with E-state index in [2.05, 4.69) is 43.5 Å². The van der Waals surface area contributed by atoms with Crippen LogP contribution in [0.25, 0.3) is 0 Å². The lowest BCUT2D eigenvalue weighted by Crippen LogP contribution is -2.45. The molecule has 0 radical (unpaired) electrons. The molecule has 0 aliphatic rings. The Hall–Kier alpha value is -1.28. The highest BCUT2D eigenvalue weighted by molar-refractivity contribution is 7.47. The summed E-state index contributed by atoms with van der Waals surface area (Å²) < 4.78 is 23.5. The molecule has 8 nitrogen and oxygen atoms in total. The van der Waals surface area contributed by atoms with Crippen molar-refractivity contribution in [2.45, 2.75) is 212 Å². The predicted octanol–water partition coefficient (Wildman–Crippen LogP) is 12.7. The molecule has 0 spiro atoms. The molecule has 3 unspecified atom stereocenters. The number of unbranched alkanes of at least 4 members (excludes halogenated alkanes) is 24. The molecule has 0 aromatic carbocycles. The van der Waals surface area contributed by atoms with Crippen LogP contribution in [-0.4, -0.2) is 73.4 Å². The van der Waals surface area contributed by atoms with Gasteiger partial charge in [-0.05, 0) is 51.4 Å². The number of phosphoric acid groups is 1. The van der Waals surface area contributed by atoms with Gasteiger partial charge in [0.1, 0.15) is 13.2 Å².